The maximum Gasteiger partial charge on any atom is 0.291 e. The number of hydrogen-bond donors (Lipinski definition) is 1. The number of carbonyl (C=O) groups is 1. The predicted molar refractivity (Wildman–Crippen MR) is 139 cm³/mol. The minimum Gasteiger partial charge on any atom is -0.451 e. The van der Waals surface area contributed by atoms with Gasteiger partial charge in [-0.1, -0.05) is 23.7 Å². The number of furan rings is 1. The van der Waals surface area contributed by atoms with E-state index in [1.54, 1.807) is 30.3 Å². The molecule has 33 heavy (non-hydrogen) atoms. The third-order valence-corrected chi connectivity index (χ3v) is 6.43. The Labute approximate surface area is 208 Å². The number of aryl methyl sites for hydroxylation is 2. The van der Waals surface area contributed by atoms with E-state index in [1.807, 2.05) is 43.3 Å². The summed E-state index contributed by atoms with van der Waals surface area (Å²) in [5.74, 6) is 0.971. The molecular weight excluding hydrogens is 551 g/mol. The number of nitrogens with one attached hydrogen (secondary N) is 1. The first-order valence-electron chi connectivity index (χ1n) is 10.2. The number of halogens is 2. The van der Waals surface area contributed by atoms with Crippen LogP contribution in [0, 0.1) is 17.4 Å². The van der Waals surface area contributed by atoms with Crippen molar-refractivity contribution >= 4 is 56.9 Å². The van der Waals surface area contributed by atoms with Crippen molar-refractivity contribution < 1.29 is 13.6 Å². The van der Waals surface area contributed by atoms with Gasteiger partial charge in [0.15, 0.2) is 11.3 Å². The second-order valence-electron chi connectivity index (χ2n) is 7.74. The quantitative estimate of drug-likeness (QED) is 0.224. The highest BCUT2D eigenvalue weighted by Crippen LogP contribution is 2.32. The molecule has 5 aromatic rings. The smallest absolute Gasteiger partial charge is 0.291 e. The van der Waals surface area contributed by atoms with Gasteiger partial charge in [-0.15, -0.1) is 0 Å². The van der Waals surface area contributed by atoms with Crippen LogP contribution in [0.1, 0.15) is 21.7 Å². The average molecular weight is 569 g/mol. The molecule has 7 heteroatoms. The summed E-state index contributed by atoms with van der Waals surface area (Å²) in [6.07, 6.45) is 0. The van der Waals surface area contributed by atoms with Crippen LogP contribution in [0.5, 0.6) is 0 Å². The van der Waals surface area contributed by atoms with Gasteiger partial charge in [0.2, 0.25) is 5.89 Å². The largest absolute Gasteiger partial charge is 0.451 e. The maximum atomic E-state index is 12.8. The first kappa shape index (κ1) is 21.7. The van der Waals surface area contributed by atoms with Gasteiger partial charge in [-0.05, 0) is 102 Å². The molecule has 3 aromatic carbocycles. The number of benzene rings is 3. The van der Waals surface area contributed by atoms with Gasteiger partial charge in [0.25, 0.3) is 5.91 Å². The van der Waals surface area contributed by atoms with E-state index in [-0.39, 0.29) is 11.7 Å². The molecule has 0 radical (unpaired) electrons. The van der Waals surface area contributed by atoms with Crippen LogP contribution < -0.4 is 5.32 Å². The molecular formula is C26H18ClIN2O3. The van der Waals surface area contributed by atoms with Crippen molar-refractivity contribution in [3.8, 4) is 22.8 Å². The zero-order valence-corrected chi connectivity index (χ0v) is 20.7. The van der Waals surface area contributed by atoms with E-state index < -0.39 is 0 Å². The van der Waals surface area contributed by atoms with Crippen LogP contribution in [0.3, 0.4) is 0 Å². The zero-order valence-electron chi connectivity index (χ0n) is 17.8. The van der Waals surface area contributed by atoms with Crippen LogP contribution >= 0.6 is 34.2 Å². The number of anilines is 1. The third kappa shape index (κ3) is 4.41. The predicted octanol–water partition coefficient (Wildman–Crippen LogP) is 7.88. The van der Waals surface area contributed by atoms with E-state index in [0.29, 0.717) is 33.5 Å². The molecule has 0 unspecified atom stereocenters. The molecule has 0 aliphatic carbocycles. The summed E-state index contributed by atoms with van der Waals surface area (Å²) in [5, 5.41) is 3.43. The highest BCUT2D eigenvalue weighted by atomic mass is 127. The van der Waals surface area contributed by atoms with Crippen LogP contribution in [0.2, 0.25) is 5.02 Å². The second kappa shape index (κ2) is 8.68. The summed E-state index contributed by atoms with van der Waals surface area (Å²) in [7, 11) is 0. The van der Waals surface area contributed by atoms with Crippen molar-refractivity contribution in [1.29, 1.82) is 0 Å². The maximum absolute atomic E-state index is 12.8. The van der Waals surface area contributed by atoms with Gasteiger partial charge in [-0.25, -0.2) is 4.98 Å². The van der Waals surface area contributed by atoms with Crippen LogP contribution in [-0.2, 0) is 0 Å². The highest BCUT2D eigenvalue weighted by molar-refractivity contribution is 14.1. The summed E-state index contributed by atoms with van der Waals surface area (Å²) in [6, 6.07) is 20.5. The lowest BCUT2D eigenvalue weighted by molar-refractivity contribution is 0.0997. The van der Waals surface area contributed by atoms with E-state index in [0.717, 1.165) is 14.7 Å². The SMILES string of the molecule is Cc1ccc(-c2ccc(C(=O)Nc3ccc4oc(-c5cc(I)ccc5Cl)nc4c3)o2)cc1C. The van der Waals surface area contributed by atoms with Gasteiger partial charge in [0.05, 0.1) is 10.6 Å². The lowest BCUT2D eigenvalue weighted by Crippen LogP contribution is -2.10. The first-order chi connectivity index (χ1) is 15.9. The van der Waals surface area contributed by atoms with E-state index in [9.17, 15) is 4.79 Å². The fourth-order valence-electron chi connectivity index (χ4n) is 3.48. The Bertz CT molecular complexity index is 1520. The Morgan fingerprint density at radius 2 is 1.79 bits per heavy atom. The van der Waals surface area contributed by atoms with Gasteiger partial charge < -0.3 is 14.2 Å². The van der Waals surface area contributed by atoms with Crippen LogP contribution in [0.25, 0.3) is 33.9 Å². The first-order valence-corrected chi connectivity index (χ1v) is 11.7. The third-order valence-electron chi connectivity index (χ3n) is 5.43. The number of amides is 1. The molecule has 0 bridgehead atoms. The van der Waals surface area contributed by atoms with Gasteiger partial charge >= 0.3 is 0 Å². The Morgan fingerprint density at radius 3 is 2.61 bits per heavy atom. The summed E-state index contributed by atoms with van der Waals surface area (Å²) in [6.45, 7) is 4.11. The highest BCUT2D eigenvalue weighted by Gasteiger charge is 2.16. The summed E-state index contributed by atoms with van der Waals surface area (Å²) in [4.78, 5) is 17.3. The number of hydrogen-bond acceptors (Lipinski definition) is 4. The van der Waals surface area contributed by atoms with Crippen molar-refractivity contribution in [1.82, 2.24) is 4.98 Å². The topological polar surface area (TPSA) is 68.3 Å². The van der Waals surface area contributed by atoms with Gasteiger partial charge in [-0.3, -0.25) is 4.79 Å². The van der Waals surface area contributed by atoms with E-state index in [1.165, 1.54) is 11.1 Å². The normalized spacial score (nSPS) is 11.2. The van der Waals surface area contributed by atoms with Crippen molar-refractivity contribution in [2.75, 3.05) is 5.32 Å². The Hall–Kier alpha value is -3.10. The van der Waals surface area contributed by atoms with Crippen LogP contribution in [-0.4, -0.2) is 10.9 Å². The number of rotatable bonds is 4. The Balaban J connectivity index is 1.38. The molecule has 0 fully saturated rings. The number of carbonyl (C=O) groups excluding carboxylic acids is 1. The monoisotopic (exact) mass is 568 g/mol. The lowest BCUT2D eigenvalue weighted by atomic mass is 10.1. The Kier molecular flexibility index (Phi) is 5.72. The van der Waals surface area contributed by atoms with Crippen molar-refractivity contribution in [3.63, 3.8) is 0 Å². The molecule has 0 spiro atoms. The number of nitrogens with zero attached hydrogens (tertiary/aromatic N) is 1. The Morgan fingerprint density at radius 1 is 0.939 bits per heavy atom. The molecule has 2 aromatic heterocycles. The van der Waals surface area contributed by atoms with Crippen molar-refractivity contribution in [2.45, 2.75) is 13.8 Å². The zero-order chi connectivity index (χ0) is 23.1. The minimum absolute atomic E-state index is 0.231. The summed E-state index contributed by atoms with van der Waals surface area (Å²) in [5.41, 5.74) is 5.84. The van der Waals surface area contributed by atoms with Gasteiger partial charge in [0.1, 0.15) is 11.3 Å². The molecule has 5 rings (SSSR count). The molecule has 1 N–H and O–H groups in total. The second-order valence-corrected chi connectivity index (χ2v) is 9.40. The fraction of sp³-hybridized carbons (Fsp3) is 0.0769. The molecule has 0 aliphatic heterocycles. The molecule has 0 saturated carbocycles. The average Bonchev–Trinajstić information content (AvgIpc) is 3.44. The van der Waals surface area contributed by atoms with Crippen LogP contribution in [0.4, 0.5) is 5.69 Å². The van der Waals surface area contributed by atoms with Gasteiger partial charge in [-0.2, -0.15) is 0 Å². The minimum atomic E-state index is -0.339. The van der Waals surface area contributed by atoms with E-state index in [4.69, 9.17) is 20.4 Å². The number of fused-ring (bicyclic) bond motifs is 1. The molecule has 2 heterocycles. The molecule has 0 saturated heterocycles. The molecule has 1 amide bonds. The number of aromatic nitrogens is 1. The van der Waals surface area contributed by atoms with Crippen LogP contribution in [0.15, 0.2) is 75.6 Å². The van der Waals surface area contributed by atoms with Crippen molar-refractivity contribution in [2.24, 2.45) is 0 Å². The standard InChI is InChI=1S/C26H18ClIN2O3/c1-14-3-4-16(11-15(14)2)22-9-10-24(32-22)25(31)29-18-6-8-23-21(13-18)30-26(33-23)19-12-17(28)5-7-20(19)27/h3-13H,1-2H3,(H,29,31). The fourth-order valence-corrected chi connectivity index (χ4v) is 4.17. The molecule has 5 nitrogen and oxygen atoms in total. The van der Waals surface area contributed by atoms with E-state index >= 15 is 0 Å². The van der Waals surface area contributed by atoms with E-state index in [2.05, 4.69) is 39.8 Å². The summed E-state index contributed by atoms with van der Waals surface area (Å²) >= 11 is 8.53. The number of oxazole rings is 1. The molecule has 0 atom stereocenters. The lowest BCUT2D eigenvalue weighted by Gasteiger charge is -2.04. The molecule has 164 valence electrons. The van der Waals surface area contributed by atoms with Crippen molar-refractivity contribution in [3.05, 3.63) is 92.2 Å². The summed E-state index contributed by atoms with van der Waals surface area (Å²) < 4.78 is 12.7. The molecule has 0 aliphatic rings. The van der Waals surface area contributed by atoms with Gasteiger partial charge in [0, 0.05) is 14.8 Å².